The average molecular weight is 826 g/mol. The Morgan fingerprint density at radius 3 is 1.58 bits per heavy atom. The third kappa shape index (κ3) is 3.97. The highest BCUT2D eigenvalue weighted by molar-refractivity contribution is 6.25. The lowest BCUT2D eigenvalue weighted by Gasteiger charge is -2.32. The summed E-state index contributed by atoms with van der Waals surface area (Å²) < 4.78 is 11.7. The van der Waals surface area contributed by atoms with Crippen LogP contribution < -0.4 is 4.90 Å². The minimum absolute atomic E-state index is 0.481. The monoisotopic (exact) mass is 825 g/mol. The molecule has 0 atom stereocenters. The number of aromatic nitrogens is 2. The number of benzene rings is 10. The van der Waals surface area contributed by atoms with E-state index in [4.69, 9.17) is 4.42 Å². The van der Waals surface area contributed by atoms with Gasteiger partial charge in [-0.3, -0.25) is 0 Å². The van der Waals surface area contributed by atoms with E-state index >= 15 is 0 Å². The molecule has 0 fully saturated rings. The summed E-state index contributed by atoms with van der Waals surface area (Å²) in [7, 11) is 0. The van der Waals surface area contributed by atoms with Crippen LogP contribution in [0.3, 0.4) is 0 Å². The van der Waals surface area contributed by atoms with Crippen LogP contribution in [0.5, 0.6) is 0 Å². The normalized spacial score (nSPS) is 13.7. The average Bonchev–Trinajstić information content (AvgIpc) is 4.16. The molecule has 0 aliphatic heterocycles. The number of fused-ring (bicyclic) bond motifs is 22. The van der Waals surface area contributed by atoms with Gasteiger partial charge >= 0.3 is 0 Å². The van der Waals surface area contributed by atoms with E-state index in [-0.39, 0.29) is 0 Å². The smallest absolute Gasteiger partial charge is 0.137 e. The first-order valence-electron chi connectivity index (χ1n) is 22.5. The molecule has 16 rings (SSSR count). The molecule has 0 unspecified atom stereocenters. The Morgan fingerprint density at radius 2 is 0.877 bits per heavy atom. The second kappa shape index (κ2) is 11.9. The van der Waals surface area contributed by atoms with Crippen molar-refractivity contribution in [2.45, 2.75) is 5.41 Å². The molecule has 4 aromatic heterocycles. The summed E-state index contributed by atoms with van der Waals surface area (Å²) in [5, 5.41) is 7.24. The Bertz CT molecular complexity index is 4340. The summed E-state index contributed by atoms with van der Waals surface area (Å²) in [5.74, 6) is 0. The fourth-order valence-electron chi connectivity index (χ4n) is 12.7. The molecular weight excluding hydrogens is 791 g/mol. The van der Waals surface area contributed by atoms with Gasteiger partial charge in [-0.15, -0.1) is 0 Å². The molecule has 4 heteroatoms. The number of nitrogens with zero attached hydrogens (tertiary/aromatic N) is 3. The highest BCUT2D eigenvalue weighted by atomic mass is 16.3. The SMILES string of the molecule is c1ccc2c(c1)-c1ccccc1C21c2ccccc2-c2c(N(c3ccc4c(c3)n3c5ccccc5c5ccc6c7ccccc7n4c6c53)c3cccc4oc5ccccc5c34)cccc21. The van der Waals surface area contributed by atoms with Crippen molar-refractivity contribution >= 4 is 93.6 Å². The van der Waals surface area contributed by atoms with E-state index in [0.717, 1.165) is 50.0 Å². The topological polar surface area (TPSA) is 25.2 Å². The highest BCUT2D eigenvalue weighted by Gasteiger charge is 2.52. The molecule has 0 N–H and O–H groups in total. The van der Waals surface area contributed by atoms with E-state index in [0.29, 0.717) is 0 Å². The minimum atomic E-state index is -0.481. The van der Waals surface area contributed by atoms with Crippen molar-refractivity contribution in [2.24, 2.45) is 0 Å². The van der Waals surface area contributed by atoms with Crippen molar-refractivity contribution in [1.82, 2.24) is 8.80 Å². The summed E-state index contributed by atoms with van der Waals surface area (Å²) >= 11 is 0. The van der Waals surface area contributed by atoms with E-state index in [1.54, 1.807) is 0 Å². The summed E-state index contributed by atoms with van der Waals surface area (Å²) in [6, 6.07) is 78.8. The fourth-order valence-corrected chi connectivity index (χ4v) is 12.7. The van der Waals surface area contributed by atoms with Gasteiger partial charge in [-0.2, -0.15) is 0 Å². The predicted molar refractivity (Wildman–Crippen MR) is 268 cm³/mol. The highest BCUT2D eigenvalue weighted by Crippen LogP contribution is 2.65. The van der Waals surface area contributed by atoms with E-state index in [1.807, 2.05) is 0 Å². The minimum Gasteiger partial charge on any atom is -0.456 e. The quantitative estimate of drug-likeness (QED) is 0.166. The van der Waals surface area contributed by atoms with Crippen molar-refractivity contribution in [3.63, 3.8) is 0 Å². The first-order chi connectivity index (χ1) is 32.3. The lowest BCUT2D eigenvalue weighted by atomic mass is 9.70. The molecule has 65 heavy (non-hydrogen) atoms. The van der Waals surface area contributed by atoms with Gasteiger partial charge in [-0.05, 0) is 93.5 Å². The van der Waals surface area contributed by atoms with Gasteiger partial charge in [0.1, 0.15) is 11.2 Å². The van der Waals surface area contributed by atoms with Crippen LogP contribution >= 0.6 is 0 Å². The van der Waals surface area contributed by atoms with E-state index in [9.17, 15) is 0 Å². The maximum absolute atomic E-state index is 6.65. The van der Waals surface area contributed by atoms with Crippen molar-refractivity contribution in [3.8, 4) is 22.3 Å². The fraction of sp³-hybridized carbons (Fsp3) is 0.0164. The third-order valence-corrected chi connectivity index (χ3v) is 15.0. The number of para-hydroxylation sites is 3. The maximum Gasteiger partial charge on any atom is 0.137 e. The molecule has 4 heterocycles. The van der Waals surface area contributed by atoms with Gasteiger partial charge in [-0.1, -0.05) is 158 Å². The van der Waals surface area contributed by atoms with Crippen LogP contribution in [0, 0.1) is 0 Å². The standard InChI is InChI=1S/C61H35N3O/c1-7-21-45-37(15-1)38-16-2-8-22-46(38)61(45)47-23-9-3-19-43(47)57-48(61)24-13-27-52(57)62(53-28-14-30-56-58(53)44-20-6-12-29-55(44)65-56)36-31-34-51-54(35-36)64-50-26-11-5-18-40(50)42-33-32-41-39-17-4-10-25-49(39)63(51)59(41)60(42)64/h1-35H. The van der Waals surface area contributed by atoms with E-state index in [2.05, 4.69) is 226 Å². The van der Waals surface area contributed by atoms with Gasteiger partial charge in [0.05, 0.1) is 55.3 Å². The van der Waals surface area contributed by atoms with Crippen LogP contribution in [-0.4, -0.2) is 8.80 Å². The van der Waals surface area contributed by atoms with Crippen molar-refractivity contribution in [1.29, 1.82) is 0 Å². The lowest BCUT2D eigenvalue weighted by molar-refractivity contribution is 0.669. The summed E-state index contributed by atoms with van der Waals surface area (Å²) in [5.41, 5.74) is 22.1. The predicted octanol–water partition coefficient (Wildman–Crippen LogP) is 16.0. The second-order valence-corrected chi connectivity index (χ2v) is 17.9. The first kappa shape index (κ1) is 34.0. The zero-order valence-corrected chi connectivity index (χ0v) is 35.0. The molecule has 0 radical (unpaired) electrons. The Balaban J connectivity index is 1.07. The van der Waals surface area contributed by atoms with Crippen LogP contribution in [0.1, 0.15) is 22.3 Å². The molecule has 0 saturated heterocycles. The van der Waals surface area contributed by atoms with Gasteiger partial charge in [0, 0.05) is 38.2 Å². The van der Waals surface area contributed by atoms with Crippen molar-refractivity contribution in [3.05, 3.63) is 235 Å². The van der Waals surface area contributed by atoms with Gasteiger partial charge in [0.25, 0.3) is 0 Å². The molecule has 0 saturated carbocycles. The van der Waals surface area contributed by atoms with Crippen LogP contribution in [0.4, 0.5) is 17.1 Å². The zero-order valence-electron chi connectivity index (χ0n) is 35.0. The van der Waals surface area contributed by atoms with Crippen LogP contribution in [0.25, 0.3) is 98.8 Å². The van der Waals surface area contributed by atoms with E-state index in [1.165, 1.54) is 88.1 Å². The van der Waals surface area contributed by atoms with E-state index < -0.39 is 5.41 Å². The Hall–Kier alpha value is -8.60. The molecular formula is C61H35N3O. The first-order valence-corrected chi connectivity index (χ1v) is 22.5. The number of hydrogen-bond acceptors (Lipinski definition) is 2. The lowest BCUT2D eigenvalue weighted by Crippen LogP contribution is -2.26. The Morgan fingerprint density at radius 1 is 0.354 bits per heavy atom. The molecule has 300 valence electrons. The number of rotatable bonds is 3. The number of anilines is 3. The molecule has 0 amide bonds. The molecule has 14 aromatic rings. The van der Waals surface area contributed by atoms with Gasteiger partial charge in [0.2, 0.25) is 0 Å². The third-order valence-electron chi connectivity index (χ3n) is 15.0. The summed E-state index contributed by atoms with van der Waals surface area (Å²) in [6.45, 7) is 0. The molecule has 2 aliphatic carbocycles. The van der Waals surface area contributed by atoms with Crippen molar-refractivity contribution < 1.29 is 4.42 Å². The maximum atomic E-state index is 6.65. The molecule has 2 aliphatic rings. The summed E-state index contributed by atoms with van der Waals surface area (Å²) in [6.07, 6.45) is 0. The largest absolute Gasteiger partial charge is 0.456 e. The molecule has 0 bridgehead atoms. The van der Waals surface area contributed by atoms with Crippen LogP contribution in [0.2, 0.25) is 0 Å². The molecule has 1 spiro atoms. The second-order valence-electron chi connectivity index (χ2n) is 17.9. The van der Waals surface area contributed by atoms with Gasteiger partial charge < -0.3 is 18.1 Å². The van der Waals surface area contributed by atoms with Gasteiger partial charge in [-0.25, -0.2) is 0 Å². The van der Waals surface area contributed by atoms with Crippen LogP contribution in [0.15, 0.2) is 217 Å². The molecule has 10 aromatic carbocycles. The van der Waals surface area contributed by atoms with Crippen LogP contribution in [-0.2, 0) is 5.41 Å². The Kier molecular flexibility index (Phi) is 6.21. The summed E-state index contributed by atoms with van der Waals surface area (Å²) in [4.78, 5) is 2.53. The Labute approximate surface area is 372 Å². The zero-order chi connectivity index (χ0) is 42.1. The number of furan rings is 1. The van der Waals surface area contributed by atoms with Crippen molar-refractivity contribution in [2.75, 3.05) is 4.90 Å². The molecule has 4 nitrogen and oxygen atoms in total. The van der Waals surface area contributed by atoms with Gasteiger partial charge in [0.15, 0.2) is 0 Å². The number of hydrogen-bond donors (Lipinski definition) is 0.